The molecule has 0 saturated carbocycles. The average Bonchev–Trinajstić information content (AvgIpc) is 2.14. The maximum atomic E-state index is 10.9. The second kappa shape index (κ2) is 4.96. The van der Waals surface area contributed by atoms with Crippen LogP contribution in [0.4, 0.5) is 4.79 Å². The van der Waals surface area contributed by atoms with E-state index in [1.807, 2.05) is 6.07 Å². The van der Waals surface area contributed by atoms with Gasteiger partial charge < -0.3 is 14.2 Å². The number of carbonyl (C=O) groups excluding carboxylic acids is 1. The Bertz CT molecular complexity index is 369. The number of rotatable bonds is 3. The van der Waals surface area contributed by atoms with Gasteiger partial charge in [0.1, 0.15) is 6.61 Å². The number of benzene rings is 1. The summed E-state index contributed by atoms with van der Waals surface area (Å²) in [6.45, 7) is 0.927. The predicted molar refractivity (Wildman–Crippen MR) is 53.5 cm³/mol. The lowest BCUT2D eigenvalue weighted by molar-refractivity contribution is 0.0894. The molecule has 1 aromatic rings. The predicted octanol–water partition coefficient (Wildman–Crippen LogP) is 2.16. The fourth-order valence-corrected chi connectivity index (χ4v) is 1.21. The zero-order valence-electron chi connectivity index (χ0n) is 8.12. The molecule has 1 rings (SSSR count). The monoisotopic (exact) mass is 230 g/mol. The van der Waals surface area contributed by atoms with E-state index in [9.17, 15) is 9.36 Å². The van der Waals surface area contributed by atoms with Gasteiger partial charge in [-0.3, -0.25) is 0 Å². The Morgan fingerprint density at radius 3 is 2.53 bits per heavy atom. The first-order valence-corrected chi connectivity index (χ1v) is 6.20. The minimum absolute atomic E-state index is 0.0136. The van der Waals surface area contributed by atoms with Crippen molar-refractivity contribution in [2.45, 2.75) is 6.61 Å². The molecule has 5 nitrogen and oxygen atoms in total. The van der Waals surface area contributed by atoms with Crippen molar-refractivity contribution in [3.05, 3.63) is 35.9 Å². The molecule has 0 aliphatic rings. The first-order chi connectivity index (χ1) is 6.97. The van der Waals surface area contributed by atoms with Gasteiger partial charge in [-0.25, -0.2) is 9.36 Å². The van der Waals surface area contributed by atoms with E-state index in [1.165, 1.54) is 0 Å². The fourth-order valence-electron chi connectivity index (χ4n) is 0.881. The van der Waals surface area contributed by atoms with Crippen molar-refractivity contribution in [3.8, 4) is 0 Å². The Morgan fingerprint density at radius 1 is 1.40 bits per heavy atom. The summed E-state index contributed by atoms with van der Waals surface area (Å²) in [4.78, 5) is 19.6. The Labute approximate surface area is 87.2 Å². The summed E-state index contributed by atoms with van der Waals surface area (Å²) < 4.78 is 19.4. The van der Waals surface area contributed by atoms with Gasteiger partial charge in [-0.2, -0.15) is 0 Å². The first kappa shape index (κ1) is 11.8. The third-order valence-electron chi connectivity index (χ3n) is 1.44. The van der Waals surface area contributed by atoms with Gasteiger partial charge in [0, 0.05) is 6.66 Å². The standard InChI is InChI=1S/C9H11O5P/c1-15(11,12)14-9(10)13-7-8-5-3-2-4-6-8/h2-6H,7H2,1H3,(H,11,12). The molecule has 0 bridgehead atoms. The van der Waals surface area contributed by atoms with Crippen LogP contribution in [-0.4, -0.2) is 17.7 Å². The van der Waals surface area contributed by atoms with Crippen LogP contribution in [0, 0.1) is 0 Å². The minimum atomic E-state index is -3.82. The Balaban J connectivity index is 2.39. The number of hydrogen-bond donors (Lipinski definition) is 1. The van der Waals surface area contributed by atoms with Crippen molar-refractivity contribution in [1.82, 2.24) is 0 Å². The highest BCUT2D eigenvalue weighted by Gasteiger charge is 2.17. The molecular formula is C9H11O5P. The minimum Gasteiger partial charge on any atom is -0.429 e. The lowest BCUT2D eigenvalue weighted by Gasteiger charge is -2.07. The zero-order valence-corrected chi connectivity index (χ0v) is 9.02. The zero-order chi connectivity index (χ0) is 11.3. The average molecular weight is 230 g/mol. The van der Waals surface area contributed by atoms with Gasteiger partial charge in [-0.15, -0.1) is 0 Å². The summed E-state index contributed by atoms with van der Waals surface area (Å²) >= 11 is 0. The molecule has 0 heterocycles. The van der Waals surface area contributed by atoms with Crippen molar-refractivity contribution in [2.24, 2.45) is 0 Å². The summed E-state index contributed by atoms with van der Waals surface area (Å²) in [7, 11) is -3.82. The van der Waals surface area contributed by atoms with Crippen LogP contribution in [0.2, 0.25) is 0 Å². The maximum absolute atomic E-state index is 10.9. The Kier molecular flexibility index (Phi) is 3.88. The van der Waals surface area contributed by atoms with Gasteiger partial charge in [0.25, 0.3) is 0 Å². The summed E-state index contributed by atoms with van der Waals surface area (Å²) in [5.41, 5.74) is 0.776. The molecule has 1 unspecified atom stereocenters. The van der Waals surface area contributed by atoms with Gasteiger partial charge in [0.2, 0.25) is 0 Å². The van der Waals surface area contributed by atoms with E-state index in [4.69, 9.17) is 4.89 Å². The van der Waals surface area contributed by atoms with Crippen LogP contribution in [-0.2, 0) is 20.4 Å². The SMILES string of the molecule is CP(=O)(O)OC(=O)OCc1ccccc1. The number of ether oxygens (including phenoxy) is 1. The molecule has 6 heteroatoms. The van der Waals surface area contributed by atoms with Crippen molar-refractivity contribution in [1.29, 1.82) is 0 Å². The molecular weight excluding hydrogens is 219 g/mol. The normalized spacial score (nSPS) is 14.0. The van der Waals surface area contributed by atoms with Crippen LogP contribution >= 0.6 is 7.60 Å². The molecule has 0 fully saturated rings. The molecule has 1 N–H and O–H groups in total. The van der Waals surface area contributed by atoms with E-state index in [0.29, 0.717) is 0 Å². The van der Waals surface area contributed by atoms with E-state index in [0.717, 1.165) is 12.2 Å². The highest BCUT2D eigenvalue weighted by atomic mass is 31.2. The quantitative estimate of drug-likeness (QED) is 0.636. The Morgan fingerprint density at radius 2 is 2.00 bits per heavy atom. The van der Waals surface area contributed by atoms with Gasteiger partial charge in [0.15, 0.2) is 0 Å². The summed E-state index contributed by atoms with van der Waals surface area (Å²) in [6, 6.07) is 8.94. The van der Waals surface area contributed by atoms with Crippen LogP contribution in [0.3, 0.4) is 0 Å². The largest absolute Gasteiger partial charge is 0.515 e. The summed E-state index contributed by atoms with van der Waals surface area (Å²) in [5, 5.41) is 0. The fraction of sp³-hybridized carbons (Fsp3) is 0.222. The lowest BCUT2D eigenvalue weighted by atomic mass is 10.2. The molecule has 15 heavy (non-hydrogen) atoms. The van der Waals surface area contributed by atoms with Gasteiger partial charge >= 0.3 is 13.8 Å². The second-order valence-corrected chi connectivity index (χ2v) is 4.71. The maximum Gasteiger partial charge on any atom is 0.515 e. The molecule has 82 valence electrons. The van der Waals surface area contributed by atoms with Gasteiger partial charge in [-0.05, 0) is 5.56 Å². The number of hydrogen-bond acceptors (Lipinski definition) is 4. The summed E-state index contributed by atoms with van der Waals surface area (Å²) in [6.07, 6.45) is -1.15. The molecule has 0 amide bonds. The van der Waals surface area contributed by atoms with Gasteiger partial charge in [-0.1, -0.05) is 30.3 Å². The molecule has 1 aromatic carbocycles. The topological polar surface area (TPSA) is 72.8 Å². The van der Waals surface area contributed by atoms with Crippen LogP contribution in [0.25, 0.3) is 0 Å². The van der Waals surface area contributed by atoms with Gasteiger partial charge in [0.05, 0.1) is 0 Å². The van der Waals surface area contributed by atoms with E-state index >= 15 is 0 Å². The second-order valence-electron chi connectivity index (χ2n) is 2.92. The molecule has 0 aromatic heterocycles. The molecule has 0 spiro atoms. The molecule has 0 aliphatic carbocycles. The molecule has 0 radical (unpaired) electrons. The van der Waals surface area contributed by atoms with Crippen LogP contribution < -0.4 is 0 Å². The van der Waals surface area contributed by atoms with Crippen molar-refractivity contribution in [2.75, 3.05) is 6.66 Å². The van der Waals surface area contributed by atoms with Crippen LogP contribution in [0.15, 0.2) is 30.3 Å². The smallest absolute Gasteiger partial charge is 0.429 e. The van der Waals surface area contributed by atoms with Crippen molar-refractivity contribution in [3.63, 3.8) is 0 Å². The first-order valence-electron chi connectivity index (χ1n) is 4.18. The van der Waals surface area contributed by atoms with Crippen LogP contribution in [0.5, 0.6) is 0 Å². The highest BCUT2D eigenvalue weighted by Crippen LogP contribution is 2.36. The van der Waals surface area contributed by atoms with E-state index in [1.54, 1.807) is 24.3 Å². The van der Waals surface area contributed by atoms with Crippen molar-refractivity contribution < 1.29 is 23.5 Å². The van der Waals surface area contributed by atoms with E-state index < -0.39 is 13.8 Å². The third-order valence-corrected chi connectivity index (χ3v) is 1.93. The third kappa shape index (κ3) is 5.20. The molecule has 1 atom stereocenters. The molecule has 0 saturated heterocycles. The van der Waals surface area contributed by atoms with Crippen molar-refractivity contribution >= 4 is 13.8 Å². The van der Waals surface area contributed by atoms with E-state index in [-0.39, 0.29) is 6.61 Å². The Hall–Kier alpha value is -1.32. The summed E-state index contributed by atoms with van der Waals surface area (Å²) in [5.74, 6) is 0. The number of carbonyl (C=O) groups is 1. The highest BCUT2D eigenvalue weighted by molar-refractivity contribution is 7.52. The lowest BCUT2D eigenvalue weighted by Crippen LogP contribution is -2.05. The van der Waals surface area contributed by atoms with Crippen LogP contribution in [0.1, 0.15) is 5.56 Å². The van der Waals surface area contributed by atoms with E-state index in [2.05, 4.69) is 9.26 Å². The molecule has 0 aliphatic heterocycles.